The topological polar surface area (TPSA) is 12.0 Å². The molecule has 0 heterocycles. The first kappa shape index (κ1) is 15.1. The van der Waals surface area contributed by atoms with Crippen molar-refractivity contribution in [2.45, 2.75) is 49.1 Å². The molecule has 0 spiro atoms. The molecule has 1 N–H and O–H groups in total. The number of halogens is 1. The Labute approximate surface area is 139 Å². The molecule has 0 bridgehead atoms. The summed E-state index contributed by atoms with van der Waals surface area (Å²) in [6.45, 7) is 5.30. The van der Waals surface area contributed by atoms with Crippen molar-refractivity contribution in [1.29, 1.82) is 0 Å². The summed E-state index contributed by atoms with van der Waals surface area (Å²) in [5.74, 6) is 0. The number of hydrogen-bond donors (Lipinski definition) is 1. The van der Waals surface area contributed by atoms with Crippen LogP contribution in [0.3, 0.4) is 0 Å². The van der Waals surface area contributed by atoms with Crippen LogP contribution in [0.25, 0.3) is 0 Å². The van der Waals surface area contributed by atoms with Crippen molar-refractivity contribution in [3.05, 3.63) is 57.6 Å². The van der Waals surface area contributed by atoms with E-state index in [0.717, 1.165) is 17.1 Å². The van der Waals surface area contributed by atoms with Crippen LogP contribution in [0.1, 0.15) is 29.5 Å². The van der Waals surface area contributed by atoms with E-state index in [1.54, 1.807) is 0 Å². The van der Waals surface area contributed by atoms with Gasteiger partial charge in [-0.15, -0.1) is 0 Å². The lowest BCUT2D eigenvalue weighted by Gasteiger charge is -2.12. The van der Waals surface area contributed by atoms with E-state index in [0.29, 0.717) is 0 Å². The standard InChI is InChI=1S/C18H20BrNS/c1-12-3-4-13(2)17(9-12)21-18-10-15(19)6-5-14(18)11-20-16-7-8-16/h3-6,9-10,16,20H,7-8,11H2,1-2H3. The second-order valence-corrected chi connectivity index (χ2v) is 7.78. The van der Waals surface area contributed by atoms with Crippen LogP contribution < -0.4 is 5.32 Å². The molecule has 2 aromatic carbocycles. The van der Waals surface area contributed by atoms with Gasteiger partial charge in [-0.05, 0) is 61.6 Å². The Balaban J connectivity index is 1.85. The Bertz CT molecular complexity index is 650. The van der Waals surface area contributed by atoms with Gasteiger partial charge >= 0.3 is 0 Å². The maximum Gasteiger partial charge on any atom is 0.0219 e. The minimum Gasteiger partial charge on any atom is -0.310 e. The molecule has 0 radical (unpaired) electrons. The number of benzene rings is 2. The fourth-order valence-corrected chi connectivity index (χ4v) is 3.93. The van der Waals surface area contributed by atoms with Crippen molar-refractivity contribution in [3.8, 4) is 0 Å². The summed E-state index contributed by atoms with van der Waals surface area (Å²) >= 11 is 5.47. The maximum atomic E-state index is 3.62. The van der Waals surface area contributed by atoms with Gasteiger partial charge in [0.05, 0.1) is 0 Å². The first-order chi connectivity index (χ1) is 10.1. The number of hydrogen-bond acceptors (Lipinski definition) is 2. The van der Waals surface area contributed by atoms with Crippen LogP contribution in [-0.4, -0.2) is 6.04 Å². The van der Waals surface area contributed by atoms with Gasteiger partial charge in [0.2, 0.25) is 0 Å². The molecule has 1 saturated carbocycles. The molecule has 2 aromatic rings. The zero-order valence-electron chi connectivity index (χ0n) is 12.4. The Morgan fingerprint density at radius 2 is 1.90 bits per heavy atom. The zero-order chi connectivity index (χ0) is 14.8. The molecule has 1 nitrogen and oxygen atoms in total. The predicted molar refractivity (Wildman–Crippen MR) is 94.0 cm³/mol. The molecule has 0 aromatic heterocycles. The highest BCUT2D eigenvalue weighted by atomic mass is 79.9. The van der Waals surface area contributed by atoms with E-state index >= 15 is 0 Å². The fourth-order valence-electron chi connectivity index (χ4n) is 2.25. The van der Waals surface area contributed by atoms with Gasteiger partial charge in [-0.1, -0.05) is 45.9 Å². The highest BCUT2D eigenvalue weighted by molar-refractivity contribution is 9.10. The van der Waals surface area contributed by atoms with E-state index in [1.165, 1.54) is 39.3 Å². The van der Waals surface area contributed by atoms with Crippen LogP contribution in [0, 0.1) is 13.8 Å². The molecule has 0 aliphatic heterocycles. The molecule has 1 aliphatic rings. The molecular weight excluding hydrogens is 342 g/mol. The molecule has 0 amide bonds. The van der Waals surface area contributed by atoms with Gasteiger partial charge in [0.25, 0.3) is 0 Å². The number of aryl methyl sites for hydroxylation is 2. The lowest BCUT2D eigenvalue weighted by Crippen LogP contribution is -2.15. The number of rotatable bonds is 5. The summed E-state index contributed by atoms with van der Waals surface area (Å²) in [6.07, 6.45) is 2.66. The van der Waals surface area contributed by atoms with E-state index in [1.807, 2.05) is 11.8 Å². The van der Waals surface area contributed by atoms with E-state index < -0.39 is 0 Å². The van der Waals surface area contributed by atoms with Gasteiger partial charge in [0.15, 0.2) is 0 Å². The molecule has 1 aliphatic carbocycles. The molecule has 0 unspecified atom stereocenters. The van der Waals surface area contributed by atoms with Crippen LogP contribution in [0.4, 0.5) is 0 Å². The van der Waals surface area contributed by atoms with Crippen LogP contribution >= 0.6 is 27.7 Å². The molecule has 110 valence electrons. The fraction of sp³-hybridized carbons (Fsp3) is 0.333. The van der Waals surface area contributed by atoms with Crippen molar-refractivity contribution in [1.82, 2.24) is 5.32 Å². The molecule has 21 heavy (non-hydrogen) atoms. The molecule has 3 rings (SSSR count). The predicted octanol–water partition coefficient (Wildman–Crippen LogP) is 5.47. The Kier molecular flexibility index (Phi) is 4.72. The third-order valence-electron chi connectivity index (χ3n) is 3.75. The summed E-state index contributed by atoms with van der Waals surface area (Å²) in [6, 6.07) is 14.0. The van der Waals surface area contributed by atoms with Crippen LogP contribution in [0.2, 0.25) is 0 Å². The lowest BCUT2D eigenvalue weighted by molar-refractivity contribution is 0.680. The summed E-state index contributed by atoms with van der Waals surface area (Å²) in [7, 11) is 0. The van der Waals surface area contributed by atoms with Gasteiger partial charge in [0, 0.05) is 26.9 Å². The van der Waals surface area contributed by atoms with Gasteiger partial charge in [-0.2, -0.15) is 0 Å². The minimum absolute atomic E-state index is 0.743. The van der Waals surface area contributed by atoms with Crippen molar-refractivity contribution in [2.24, 2.45) is 0 Å². The second-order valence-electron chi connectivity index (χ2n) is 5.78. The van der Waals surface area contributed by atoms with Crippen LogP contribution in [0.5, 0.6) is 0 Å². The normalized spacial score (nSPS) is 14.4. The monoisotopic (exact) mass is 361 g/mol. The van der Waals surface area contributed by atoms with Crippen molar-refractivity contribution in [3.63, 3.8) is 0 Å². The van der Waals surface area contributed by atoms with E-state index in [4.69, 9.17) is 0 Å². The highest BCUT2D eigenvalue weighted by Crippen LogP contribution is 2.35. The van der Waals surface area contributed by atoms with Gasteiger partial charge in [0.1, 0.15) is 0 Å². The van der Waals surface area contributed by atoms with Crippen LogP contribution in [-0.2, 0) is 6.54 Å². The van der Waals surface area contributed by atoms with E-state index in [2.05, 4.69) is 71.5 Å². The Morgan fingerprint density at radius 3 is 2.67 bits per heavy atom. The summed E-state index contributed by atoms with van der Waals surface area (Å²) < 4.78 is 1.14. The zero-order valence-corrected chi connectivity index (χ0v) is 14.9. The largest absolute Gasteiger partial charge is 0.310 e. The van der Waals surface area contributed by atoms with Crippen LogP contribution in [0.15, 0.2) is 50.7 Å². The van der Waals surface area contributed by atoms with E-state index in [9.17, 15) is 0 Å². The first-order valence-electron chi connectivity index (χ1n) is 7.39. The van der Waals surface area contributed by atoms with Gasteiger partial charge in [-0.3, -0.25) is 0 Å². The molecule has 0 saturated heterocycles. The lowest BCUT2D eigenvalue weighted by atomic mass is 10.2. The molecule has 1 fully saturated rings. The quantitative estimate of drug-likeness (QED) is 0.757. The third kappa shape index (κ3) is 4.12. The summed E-state index contributed by atoms with van der Waals surface area (Å²) in [4.78, 5) is 2.69. The average molecular weight is 362 g/mol. The Morgan fingerprint density at radius 1 is 1.10 bits per heavy atom. The van der Waals surface area contributed by atoms with Gasteiger partial charge in [-0.25, -0.2) is 0 Å². The smallest absolute Gasteiger partial charge is 0.0219 e. The van der Waals surface area contributed by atoms with Crippen molar-refractivity contribution >= 4 is 27.7 Å². The van der Waals surface area contributed by atoms with Crippen molar-refractivity contribution in [2.75, 3.05) is 0 Å². The SMILES string of the molecule is Cc1ccc(C)c(Sc2cc(Br)ccc2CNC2CC2)c1. The molecule has 0 atom stereocenters. The summed E-state index contributed by atoms with van der Waals surface area (Å²) in [5.41, 5.74) is 4.04. The summed E-state index contributed by atoms with van der Waals surface area (Å²) in [5, 5.41) is 3.62. The number of nitrogens with one attached hydrogen (secondary N) is 1. The second kappa shape index (κ2) is 6.55. The molecular formula is C18H20BrNS. The van der Waals surface area contributed by atoms with Gasteiger partial charge < -0.3 is 5.32 Å². The Hall–Kier alpha value is -0.770. The van der Waals surface area contributed by atoms with Crippen molar-refractivity contribution < 1.29 is 0 Å². The third-order valence-corrected chi connectivity index (χ3v) is 5.50. The van der Waals surface area contributed by atoms with E-state index in [-0.39, 0.29) is 0 Å². The maximum absolute atomic E-state index is 3.62. The minimum atomic E-state index is 0.743. The average Bonchev–Trinajstić information content (AvgIpc) is 3.26. The first-order valence-corrected chi connectivity index (χ1v) is 9.00. The highest BCUT2D eigenvalue weighted by Gasteiger charge is 2.20. The molecule has 3 heteroatoms.